The molecule has 0 bridgehead atoms. The van der Waals surface area contributed by atoms with E-state index in [-0.39, 0.29) is 0 Å². The van der Waals surface area contributed by atoms with Gasteiger partial charge in [-0.05, 0) is 48.8 Å². The zero-order valence-corrected chi connectivity index (χ0v) is 13.6. The Labute approximate surface area is 129 Å². The van der Waals surface area contributed by atoms with Crippen LogP contribution in [0.5, 0.6) is 5.75 Å². The molecule has 1 unspecified atom stereocenters. The summed E-state index contributed by atoms with van der Waals surface area (Å²) in [6.45, 7) is 7.18. The maximum absolute atomic E-state index is 5.90. The van der Waals surface area contributed by atoms with Crippen molar-refractivity contribution in [3.05, 3.63) is 29.8 Å². The van der Waals surface area contributed by atoms with Crippen LogP contribution in [0.15, 0.2) is 24.3 Å². The summed E-state index contributed by atoms with van der Waals surface area (Å²) < 4.78 is 11.1. The Balaban J connectivity index is 1.82. The number of rotatable bonds is 10. The minimum absolute atomic E-state index is 0.520. The highest BCUT2D eigenvalue weighted by Gasteiger charge is 2.22. The van der Waals surface area contributed by atoms with Gasteiger partial charge in [0.15, 0.2) is 0 Å². The molecule has 1 aliphatic carbocycles. The Kier molecular flexibility index (Phi) is 6.52. The van der Waals surface area contributed by atoms with Gasteiger partial charge in [-0.2, -0.15) is 0 Å². The number of methoxy groups -OCH3 is 1. The van der Waals surface area contributed by atoms with E-state index in [2.05, 4.69) is 31.3 Å². The molecule has 1 N–H and O–H groups in total. The first-order valence-electron chi connectivity index (χ1n) is 8.11. The van der Waals surface area contributed by atoms with Crippen LogP contribution >= 0.6 is 0 Å². The van der Waals surface area contributed by atoms with Gasteiger partial charge in [-0.15, -0.1) is 0 Å². The summed E-state index contributed by atoms with van der Waals surface area (Å²) in [5, 5.41) is 3.54. The summed E-state index contributed by atoms with van der Waals surface area (Å²) in [5.41, 5.74) is 1.35. The Morgan fingerprint density at radius 2 is 1.90 bits per heavy atom. The van der Waals surface area contributed by atoms with Crippen molar-refractivity contribution in [1.82, 2.24) is 5.32 Å². The molecule has 118 valence electrons. The van der Waals surface area contributed by atoms with Gasteiger partial charge < -0.3 is 14.8 Å². The standard InChI is InChI=1S/C18H29NO2/c1-14(2)19-11-17(13-21-12-16-4-5-16)10-15-6-8-18(20-3)9-7-15/h6-9,14,16-17,19H,4-5,10-13H2,1-3H3. The number of benzene rings is 1. The predicted octanol–water partition coefficient (Wildman–Crippen LogP) is 3.28. The summed E-state index contributed by atoms with van der Waals surface area (Å²) in [6, 6.07) is 8.90. The third-order valence-corrected chi connectivity index (χ3v) is 3.90. The van der Waals surface area contributed by atoms with Gasteiger partial charge in [0.05, 0.1) is 13.7 Å². The lowest BCUT2D eigenvalue weighted by molar-refractivity contribution is 0.0900. The molecule has 0 amide bonds. The second-order valence-electron chi connectivity index (χ2n) is 6.46. The zero-order chi connectivity index (χ0) is 15.1. The van der Waals surface area contributed by atoms with Crippen molar-refractivity contribution < 1.29 is 9.47 Å². The molecular formula is C18H29NO2. The first kappa shape index (κ1) is 16.3. The topological polar surface area (TPSA) is 30.5 Å². The van der Waals surface area contributed by atoms with Crippen molar-refractivity contribution >= 4 is 0 Å². The van der Waals surface area contributed by atoms with Crippen molar-refractivity contribution in [2.24, 2.45) is 11.8 Å². The average molecular weight is 291 g/mol. The molecule has 1 aromatic carbocycles. The smallest absolute Gasteiger partial charge is 0.118 e. The van der Waals surface area contributed by atoms with E-state index >= 15 is 0 Å². The van der Waals surface area contributed by atoms with Gasteiger partial charge in [-0.3, -0.25) is 0 Å². The van der Waals surface area contributed by atoms with E-state index in [0.717, 1.165) is 37.8 Å². The normalized spacial score (nSPS) is 16.2. The predicted molar refractivity (Wildman–Crippen MR) is 86.9 cm³/mol. The average Bonchev–Trinajstić information content (AvgIpc) is 3.29. The van der Waals surface area contributed by atoms with E-state index in [0.29, 0.717) is 12.0 Å². The fourth-order valence-corrected chi connectivity index (χ4v) is 2.37. The molecule has 1 saturated carbocycles. The van der Waals surface area contributed by atoms with E-state index in [1.165, 1.54) is 18.4 Å². The number of hydrogen-bond donors (Lipinski definition) is 1. The molecule has 0 saturated heterocycles. The maximum atomic E-state index is 5.90. The second kappa shape index (κ2) is 8.40. The molecular weight excluding hydrogens is 262 g/mol. The van der Waals surface area contributed by atoms with Crippen LogP contribution in [-0.4, -0.2) is 32.9 Å². The van der Waals surface area contributed by atoms with Crippen LogP contribution in [0.4, 0.5) is 0 Å². The highest BCUT2D eigenvalue weighted by atomic mass is 16.5. The summed E-state index contributed by atoms with van der Waals surface area (Å²) >= 11 is 0. The lowest BCUT2D eigenvalue weighted by Gasteiger charge is -2.19. The first-order chi connectivity index (χ1) is 10.2. The van der Waals surface area contributed by atoms with Gasteiger partial charge in [0, 0.05) is 19.2 Å². The monoisotopic (exact) mass is 291 g/mol. The highest BCUT2D eigenvalue weighted by Crippen LogP contribution is 2.29. The van der Waals surface area contributed by atoms with Crippen LogP contribution in [0.25, 0.3) is 0 Å². The molecule has 1 fully saturated rings. The number of hydrogen-bond acceptors (Lipinski definition) is 3. The van der Waals surface area contributed by atoms with Gasteiger partial charge in [-0.1, -0.05) is 26.0 Å². The van der Waals surface area contributed by atoms with Crippen LogP contribution in [0.2, 0.25) is 0 Å². The van der Waals surface area contributed by atoms with Crippen LogP contribution in [0.1, 0.15) is 32.3 Å². The van der Waals surface area contributed by atoms with E-state index in [4.69, 9.17) is 9.47 Å². The molecule has 0 aromatic heterocycles. The Morgan fingerprint density at radius 3 is 2.48 bits per heavy atom. The van der Waals surface area contributed by atoms with Gasteiger partial charge in [0.1, 0.15) is 5.75 Å². The molecule has 2 rings (SSSR count). The van der Waals surface area contributed by atoms with Crippen LogP contribution in [0, 0.1) is 11.8 Å². The molecule has 21 heavy (non-hydrogen) atoms. The van der Waals surface area contributed by atoms with Gasteiger partial charge in [0.2, 0.25) is 0 Å². The summed E-state index contributed by atoms with van der Waals surface area (Å²) in [6.07, 6.45) is 3.76. The second-order valence-corrected chi connectivity index (χ2v) is 6.46. The minimum Gasteiger partial charge on any atom is -0.497 e. The van der Waals surface area contributed by atoms with Gasteiger partial charge in [-0.25, -0.2) is 0 Å². The summed E-state index contributed by atoms with van der Waals surface area (Å²) in [7, 11) is 1.70. The van der Waals surface area contributed by atoms with Crippen molar-refractivity contribution in [3.63, 3.8) is 0 Å². The molecule has 0 radical (unpaired) electrons. The molecule has 0 heterocycles. The molecule has 3 nitrogen and oxygen atoms in total. The van der Waals surface area contributed by atoms with Crippen LogP contribution in [-0.2, 0) is 11.2 Å². The third-order valence-electron chi connectivity index (χ3n) is 3.90. The van der Waals surface area contributed by atoms with E-state index < -0.39 is 0 Å². The largest absolute Gasteiger partial charge is 0.497 e. The fourth-order valence-electron chi connectivity index (χ4n) is 2.37. The quantitative estimate of drug-likeness (QED) is 0.717. The Morgan fingerprint density at radius 1 is 1.19 bits per heavy atom. The maximum Gasteiger partial charge on any atom is 0.118 e. The van der Waals surface area contributed by atoms with Crippen molar-refractivity contribution in [3.8, 4) is 5.75 Å². The van der Waals surface area contributed by atoms with E-state index in [1.54, 1.807) is 7.11 Å². The Hall–Kier alpha value is -1.06. The molecule has 0 aliphatic heterocycles. The fraction of sp³-hybridized carbons (Fsp3) is 0.667. The highest BCUT2D eigenvalue weighted by molar-refractivity contribution is 5.27. The van der Waals surface area contributed by atoms with Gasteiger partial charge in [0.25, 0.3) is 0 Å². The molecule has 0 spiro atoms. The lowest BCUT2D eigenvalue weighted by atomic mass is 9.99. The minimum atomic E-state index is 0.520. The molecule has 1 aliphatic rings. The first-order valence-corrected chi connectivity index (χ1v) is 8.11. The molecule has 3 heteroatoms. The van der Waals surface area contributed by atoms with Crippen molar-refractivity contribution in [2.45, 2.75) is 39.2 Å². The van der Waals surface area contributed by atoms with Gasteiger partial charge >= 0.3 is 0 Å². The third kappa shape index (κ3) is 6.49. The summed E-state index contributed by atoms with van der Waals surface area (Å²) in [5.74, 6) is 2.28. The summed E-state index contributed by atoms with van der Waals surface area (Å²) in [4.78, 5) is 0. The Bertz CT molecular complexity index is 398. The SMILES string of the molecule is COc1ccc(CC(CNC(C)C)COCC2CC2)cc1. The van der Waals surface area contributed by atoms with Crippen LogP contribution < -0.4 is 10.1 Å². The number of nitrogens with one attached hydrogen (secondary N) is 1. The van der Waals surface area contributed by atoms with Crippen molar-refractivity contribution in [1.29, 1.82) is 0 Å². The number of ether oxygens (including phenoxy) is 2. The van der Waals surface area contributed by atoms with E-state index in [9.17, 15) is 0 Å². The molecule has 1 atom stereocenters. The van der Waals surface area contributed by atoms with E-state index in [1.807, 2.05) is 12.1 Å². The van der Waals surface area contributed by atoms with Crippen LogP contribution in [0.3, 0.4) is 0 Å². The van der Waals surface area contributed by atoms with Crippen molar-refractivity contribution in [2.75, 3.05) is 26.9 Å². The molecule has 1 aromatic rings. The zero-order valence-electron chi connectivity index (χ0n) is 13.6. The lowest BCUT2D eigenvalue weighted by Crippen LogP contribution is -2.32.